The lowest BCUT2D eigenvalue weighted by atomic mass is 10.2. The number of amides is 3. The maximum Gasteiger partial charge on any atom is 0.228 e. The predicted octanol–water partition coefficient (Wildman–Crippen LogP) is 2.88. The third-order valence-electron chi connectivity index (χ3n) is 4.60. The summed E-state index contributed by atoms with van der Waals surface area (Å²) in [5.74, 6) is -0.297. The van der Waals surface area contributed by atoms with E-state index in [2.05, 4.69) is 16.0 Å². The molecule has 29 heavy (non-hydrogen) atoms. The summed E-state index contributed by atoms with van der Waals surface area (Å²) < 4.78 is 10.4. The Morgan fingerprint density at radius 3 is 1.97 bits per heavy atom. The zero-order chi connectivity index (χ0) is 21.0. The fourth-order valence-corrected chi connectivity index (χ4v) is 2.99. The minimum Gasteiger partial charge on any atom is -0.497 e. The van der Waals surface area contributed by atoms with Gasteiger partial charge >= 0.3 is 0 Å². The van der Waals surface area contributed by atoms with Crippen molar-refractivity contribution >= 4 is 34.8 Å². The highest BCUT2D eigenvalue weighted by Gasteiger charge is 2.48. The van der Waals surface area contributed by atoms with Crippen LogP contribution in [0.4, 0.5) is 17.1 Å². The highest BCUT2D eigenvalue weighted by atomic mass is 16.5. The second-order valence-electron chi connectivity index (χ2n) is 6.75. The van der Waals surface area contributed by atoms with Gasteiger partial charge < -0.3 is 25.4 Å². The summed E-state index contributed by atoms with van der Waals surface area (Å²) in [7, 11) is 3.05. The fourth-order valence-electron chi connectivity index (χ4n) is 2.99. The van der Waals surface area contributed by atoms with Gasteiger partial charge in [0, 0.05) is 24.4 Å². The van der Waals surface area contributed by atoms with Gasteiger partial charge in [-0.1, -0.05) is 0 Å². The standard InChI is InChI=1S/C21H23N3O5/c1-12(25)22-13-4-6-14(7-5-13)23-20(26)16-11-17(16)21(27)24-18-10-15(28-2)8-9-19(18)29-3/h4-10,16-17H,11H2,1-3H3,(H,22,25)(H,23,26)(H,24,27). The molecule has 0 bridgehead atoms. The van der Waals surface area contributed by atoms with Crippen LogP contribution >= 0.6 is 0 Å². The van der Waals surface area contributed by atoms with Crippen LogP contribution in [0.3, 0.4) is 0 Å². The second-order valence-corrected chi connectivity index (χ2v) is 6.75. The molecule has 2 unspecified atom stereocenters. The third-order valence-corrected chi connectivity index (χ3v) is 4.60. The normalized spacial score (nSPS) is 17.1. The Balaban J connectivity index is 1.57. The van der Waals surface area contributed by atoms with Gasteiger partial charge in [-0.2, -0.15) is 0 Å². The number of rotatable bonds is 7. The first-order valence-corrected chi connectivity index (χ1v) is 9.12. The van der Waals surface area contributed by atoms with E-state index in [4.69, 9.17) is 9.47 Å². The molecule has 0 aromatic heterocycles. The van der Waals surface area contributed by atoms with Crippen LogP contribution in [0, 0.1) is 11.8 Å². The zero-order valence-corrected chi connectivity index (χ0v) is 16.4. The van der Waals surface area contributed by atoms with Gasteiger partial charge in [-0.3, -0.25) is 14.4 Å². The van der Waals surface area contributed by atoms with Crippen molar-refractivity contribution < 1.29 is 23.9 Å². The highest BCUT2D eigenvalue weighted by molar-refractivity contribution is 6.04. The number of ether oxygens (including phenoxy) is 2. The molecule has 1 saturated carbocycles. The van der Waals surface area contributed by atoms with Gasteiger partial charge in [-0.05, 0) is 42.8 Å². The topological polar surface area (TPSA) is 106 Å². The van der Waals surface area contributed by atoms with E-state index in [0.717, 1.165) is 0 Å². The van der Waals surface area contributed by atoms with E-state index in [-0.39, 0.29) is 23.6 Å². The lowest BCUT2D eigenvalue weighted by molar-refractivity contribution is -0.122. The van der Waals surface area contributed by atoms with E-state index in [9.17, 15) is 14.4 Å². The number of hydrogen-bond donors (Lipinski definition) is 3. The molecule has 1 aliphatic carbocycles. The fraction of sp³-hybridized carbons (Fsp3) is 0.286. The van der Waals surface area contributed by atoms with Gasteiger partial charge in [0.1, 0.15) is 11.5 Å². The molecular weight excluding hydrogens is 374 g/mol. The molecule has 152 valence electrons. The highest BCUT2D eigenvalue weighted by Crippen LogP contribution is 2.41. The molecule has 1 aliphatic rings. The van der Waals surface area contributed by atoms with E-state index < -0.39 is 5.92 Å². The van der Waals surface area contributed by atoms with Gasteiger partial charge in [0.2, 0.25) is 17.7 Å². The van der Waals surface area contributed by atoms with Crippen molar-refractivity contribution in [3.8, 4) is 11.5 Å². The van der Waals surface area contributed by atoms with Gasteiger partial charge in [-0.25, -0.2) is 0 Å². The number of hydrogen-bond acceptors (Lipinski definition) is 5. The van der Waals surface area contributed by atoms with Crippen LogP contribution in [-0.2, 0) is 14.4 Å². The summed E-state index contributed by atoms with van der Waals surface area (Å²) >= 11 is 0. The molecule has 0 aliphatic heterocycles. The Labute approximate surface area is 168 Å². The smallest absolute Gasteiger partial charge is 0.228 e. The van der Waals surface area contributed by atoms with Crippen LogP contribution in [0.5, 0.6) is 11.5 Å². The number of anilines is 3. The van der Waals surface area contributed by atoms with E-state index in [1.807, 2.05) is 0 Å². The zero-order valence-electron chi connectivity index (χ0n) is 16.4. The number of nitrogens with one attached hydrogen (secondary N) is 3. The average Bonchev–Trinajstić information content (AvgIpc) is 3.50. The molecule has 8 heteroatoms. The molecule has 2 aromatic rings. The molecule has 3 amide bonds. The van der Waals surface area contributed by atoms with Gasteiger partial charge in [0.15, 0.2) is 0 Å². The van der Waals surface area contributed by atoms with Gasteiger partial charge in [-0.15, -0.1) is 0 Å². The van der Waals surface area contributed by atoms with Crippen molar-refractivity contribution in [2.24, 2.45) is 11.8 Å². The molecule has 0 radical (unpaired) electrons. The molecule has 3 rings (SSSR count). The first-order valence-electron chi connectivity index (χ1n) is 9.12. The number of carbonyl (C=O) groups excluding carboxylic acids is 3. The van der Waals surface area contributed by atoms with Crippen LogP contribution in [-0.4, -0.2) is 31.9 Å². The van der Waals surface area contributed by atoms with E-state index in [0.29, 0.717) is 35.0 Å². The summed E-state index contributed by atoms with van der Waals surface area (Å²) in [6.07, 6.45) is 0.480. The minimum absolute atomic E-state index is 0.165. The molecule has 0 heterocycles. The first kappa shape index (κ1) is 20.2. The van der Waals surface area contributed by atoms with Crippen LogP contribution in [0.15, 0.2) is 42.5 Å². The molecule has 2 aromatic carbocycles. The Morgan fingerprint density at radius 1 is 0.828 bits per heavy atom. The SMILES string of the molecule is COc1ccc(OC)c(NC(=O)C2CC2C(=O)Nc2ccc(NC(C)=O)cc2)c1. The molecule has 0 spiro atoms. The minimum atomic E-state index is -0.399. The van der Waals surface area contributed by atoms with E-state index in [1.54, 1.807) is 42.5 Å². The number of methoxy groups -OCH3 is 2. The van der Waals surface area contributed by atoms with Gasteiger partial charge in [0.25, 0.3) is 0 Å². The Morgan fingerprint density at radius 2 is 1.41 bits per heavy atom. The largest absolute Gasteiger partial charge is 0.497 e. The summed E-state index contributed by atoms with van der Waals surface area (Å²) in [6, 6.07) is 11.9. The van der Waals surface area contributed by atoms with Crippen LogP contribution in [0.1, 0.15) is 13.3 Å². The lowest BCUT2D eigenvalue weighted by Gasteiger charge is -2.12. The maximum absolute atomic E-state index is 12.5. The summed E-state index contributed by atoms with van der Waals surface area (Å²) in [5.41, 5.74) is 1.74. The predicted molar refractivity (Wildman–Crippen MR) is 109 cm³/mol. The number of benzene rings is 2. The third kappa shape index (κ3) is 5.04. The molecule has 8 nitrogen and oxygen atoms in total. The Hall–Kier alpha value is -3.55. The van der Waals surface area contributed by atoms with Gasteiger partial charge in [0.05, 0.1) is 31.7 Å². The summed E-state index contributed by atoms with van der Waals surface area (Å²) in [4.78, 5) is 36.0. The van der Waals surface area contributed by atoms with Crippen molar-refractivity contribution in [2.75, 3.05) is 30.2 Å². The van der Waals surface area contributed by atoms with Crippen molar-refractivity contribution in [2.45, 2.75) is 13.3 Å². The summed E-state index contributed by atoms with van der Waals surface area (Å²) in [6.45, 7) is 1.43. The average molecular weight is 397 g/mol. The van der Waals surface area contributed by atoms with Crippen molar-refractivity contribution in [3.05, 3.63) is 42.5 Å². The van der Waals surface area contributed by atoms with Crippen molar-refractivity contribution in [1.29, 1.82) is 0 Å². The monoisotopic (exact) mass is 397 g/mol. The molecular formula is C21H23N3O5. The Bertz CT molecular complexity index is 926. The molecule has 2 atom stereocenters. The lowest BCUT2D eigenvalue weighted by Crippen LogP contribution is -2.20. The summed E-state index contributed by atoms with van der Waals surface area (Å²) in [5, 5.41) is 8.27. The first-order chi connectivity index (χ1) is 13.9. The van der Waals surface area contributed by atoms with E-state index in [1.165, 1.54) is 21.1 Å². The van der Waals surface area contributed by atoms with E-state index >= 15 is 0 Å². The number of carbonyl (C=O) groups is 3. The quantitative estimate of drug-likeness (QED) is 0.666. The Kier molecular flexibility index (Phi) is 6.01. The molecule has 1 fully saturated rings. The van der Waals surface area contributed by atoms with Crippen LogP contribution in [0.25, 0.3) is 0 Å². The second kappa shape index (κ2) is 8.64. The maximum atomic E-state index is 12.5. The molecule has 3 N–H and O–H groups in total. The van der Waals surface area contributed by atoms with Crippen LogP contribution < -0.4 is 25.4 Å². The van der Waals surface area contributed by atoms with Crippen molar-refractivity contribution in [1.82, 2.24) is 0 Å². The molecule has 0 saturated heterocycles. The van der Waals surface area contributed by atoms with Crippen LogP contribution in [0.2, 0.25) is 0 Å². The van der Waals surface area contributed by atoms with Crippen molar-refractivity contribution in [3.63, 3.8) is 0 Å².